The van der Waals surface area contributed by atoms with Gasteiger partial charge in [-0.3, -0.25) is 14.2 Å². The van der Waals surface area contributed by atoms with Crippen LogP contribution < -0.4 is 5.32 Å². The number of hydrogen-bond acceptors (Lipinski definition) is 3. The molecule has 1 amide bonds. The zero-order valence-corrected chi connectivity index (χ0v) is 13.2. The number of carbonyl (C=O) groups is 1. The Labute approximate surface area is 136 Å². The molecule has 0 aromatic carbocycles. The molecule has 0 radical (unpaired) electrons. The van der Waals surface area contributed by atoms with Gasteiger partial charge in [-0.2, -0.15) is 23.4 Å². The number of fused-ring (bicyclic) bond motifs is 1. The summed E-state index contributed by atoms with van der Waals surface area (Å²) in [5, 5.41) is 11.0. The van der Waals surface area contributed by atoms with Crippen LogP contribution in [0.5, 0.6) is 0 Å². The molecule has 0 saturated carbocycles. The predicted octanol–water partition coefficient (Wildman–Crippen LogP) is 2.24. The summed E-state index contributed by atoms with van der Waals surface area (Å²) >= 11 is 0. The van der Waals surface area contributed by atoms with Crippen molar-refractivity contribution in [1.82, 2.24) is 19.6 Å². The number of rotatable bonds is 4. The van der Waals surface area contributed by atoms with Crippen LogP contribution in [0.15, 0.2) is 12.3 Å². The number of aromatic nitrogens is 4. The molecule has 1 aliphatic carbocycles. The Hall–Kier alpha value is -2.32. The second-order valence-corrected chi connectivity index (χ2v) is 5.95. The maximum atomic E-state index is 12.3. The summed E-state index contributed by atoms with van der Waals surface area (Å²) in [5.74, 6) is 0.355. The molecule has 2 aromatic rings. The van der Waals surface area contributed by atoms with Crippen molar-refractivity contribution < 1.29 is 18.0 Å². The lowest BCUT2D eigenvalue weighted by atomic mass is 9.97. The monoisotopic (exact) mass is 341 g/mol. The van der Waals surface area contributed by atoms with Gasteiger partial charge in [-0.15, -0.1) is 0 Å². The molecular weight excluding hydrogens is 323 g/mol. The standard InChI is InChI=1S/C15H18F3N5O/c1-22-14(11-4-2-3-5-12(11)21-22)19-13(24)8-10-6-7-23(20-10)9-15(16,17)18/h6-7H,2-5,8-9H2,1H3,(H,19,24). The molecule has 0 bridgehead atoms. The highest BCUT2D eigenvalue weighted by atomic mass is 19.4. The van der Waals surface area contributed by atoms with Crippen molar-refractivity contribution in [1.29, 1.82) is 0 Å². The number of alkyl halides is 3. The number of carbonyl (C=O) groups excluding carboxylic acids is 1. The topological polar surface area (TPSA) is 64.7 Å². The van der Waals surface area contributed by atoms with E-state index in [2.05, 4.69) is 15.5 Å². The molecule has 1 aliphatic rings. The van der Waals surface area contributed by atoms with E-state index in [1.54, 1.807) is 11.7 Å². The first-order valence-corrected chi connectivity index (χ1v) is 7.75. The Morgan fingerprint density at radius 1 is 1.29 bits per heavy atom. The van der Waals surface area contributed by atoms with Gasteiger partial charge < -0.3 is 5.32 Å². The third-order valence-corrected chi connectivity index (χ3v) is 3.96. The van der Waals surface area contributed by atoms with E-state index in [1.807, 2.05) is 0 Å². The van der Waals surface area contributed by atoms with E-state index in [0.717, 1.165) is 41.6 Å². The van der Waals surface area contributed by atoms with E-state index in [-0.39, 0.29) is 12.3 Å². The molecule has 0 aliphatic heterocycles. The van der Waals surface area contributed by atoms with Crippen LogP contribution >= 0.6 is 0 Å². The van der Waals surface area contributed by atoms with E-state index < -0.39 is 12.7 Å². The van der Waals surface area contributed by atoms with Crippen LogP contribution in [0.1, 0.15) is 29.8 Å². The number of nitrogens with zero attached hydrogens (tertiary/aromatic N) is 4. The Bertz CT molecular complexity index is 747. The van der Waals surface area contributed by atoms with E-state index in [9.17, 15) is 18.0 Å². The Kier molecular flexibility index (Phi) is 4.33. The molecule has 9 heteroatoms. The fraction of sp³-hybridized carbons (Fsp3) is 0.533. The minimum absolute atomic E-state index is 0.0786. The first kappa shape index (κ1) is 16.5. The highest BCUT2D eigenvalue weighted by molar-refractivity contribution is 5.92. The maximum absolute atomic E-state index is 12.3. The van der Waals surface area contributed by atoms with Crippen LogP contribution in [0.3, 0.4) is 0 Å². The number of amides is 1. The lowest BCUT2D eigenvalue weighted by molar-refractivity contribution is -0.142. The summed E-state index contributed by atoms with van der Waals surface area (Å²) in [6.45, 7) is -1.16. The van der Waals surface area contributed by atoms with Gasteiger partial charge >= 0.3 is 6.18 Å². The van der Waals surface area contributed by atoms with E-state index in [1.165, 1.54) is 12.3 Å². The zero-order chi connectivity index (χ0) is 17.3. The molecule has 0 unspecified atom stereocenters. The van der Waals surface area contributed by atoms with Crippen LogP contribution in [-0.4, -0.2) is 31.6 Å². The van der Waals surface area contributed by atoms with Gasteiger partial charge in [0.2, 0.25) is 5.91 Å². The van der Waals surface area contributed by atoms with Crippen molar-refractivity contribution in [2.45, 2.75) is 44.8 Å². The number of nitrogens with one attached hydrogen (secondary N) is 1. The summed E-state index contributed by atoms with van der Waals surface area (Å²) in [6.07, 6.45) is 0.740. The zero-order valence-electron chi connectivity index (χ0n) is 13.2. The average molecular weight is 341 g/mol. The summed E-state index contributed by atoms with van der Waals surface area (Å²) in [5.41, 5.74) is 2.36. The molecule has 2 heterocycles. The number of aryl methyl sites for hydroxylation is 2. The molecule has 6 nitrogen and oxygen atoms in total. The third kappa shape index (κ3) is 3.77. The SMILES string of the molecule is Cn1nc2c(c1NC(=O)Cc1ccn(CC(F)(F)F)n1)CCCC2. The van der Waals surface area contributed by atoms with Crippen LogP contribution in [-0.2, 0) is 37.6 Å². The van der Waals surface area contributed by atoms with Crippen molar-refractivity contribution >= 4 is 11.7 Å². The van der Waals surface area contributed by atoms with Crippen LogP contribution in [0.25, 0.3) is 0 Å². The van der Waals surface area contributed by atoms with Gasteiger partial charge in [-0.1, -0.05) is 0 Å². The third-order valence-electron chi connectivity index (χ3n) is 3.96. The molecule has 1 N–H and O–H groups in total. The normalized spacial score (nSPS) is 14.5. The van der Waals surface area contributed by atoms with Gasteiger partial charge in [0.05, 0.1) is 17.8 Å². The summed E-state index contributed by atoms with van der Waals surface area (Å²) < 4.78 is 39.4. The number of halogens is 3. The van der Waals surface area contributed by atoms with E-state index >= 15 is 0 Å². The first-order valence-electron chi connectivity index (χ1n) is 7.75. The van der Waals surface area contributed by atoms with Crippen LogP contribution in [0.2, 0.25) is 0 Å². The molecule has 0 saturated heterocycles. The Morgan fingerprint density at radius 2 is 2.04 bits per heavy atom. The lowest BCUT2D eigenvalue weighted by Gasteiger charge is -2.12. The van der Waals surface area contributed by atoms with Gasteiger partial charge in [0, 0.05) is 18.8 Å². The van der Waals surface area contributed by atoms with Crippen LogP contribution in [0.4, 0.5) is 19.0 Å². The minimum atomic E-state index is -4.33. The van der Waals surface area contributed by atoms with Crippen molar-refractivity contribution in [2.24, 2.45) is 7.05 Å². The number of hydrogen-bond donors (Lipinski definition) is 1. The molecule has 3 rings (SSSR count). The summed E-state index contributed by atoms with van der Waals surface area (Å²) in [7, 11) is 1.77. The molecule has 130 valence electrons. The quantitative estimate of drug-likeness (QED) is 0.928. The van der Waals surface area contributed by atoms with Crippen molar-refractivity contribution in [3.8, 4) is 0 Å². The van der Waals surface area contributed by atoms with Gasteiger partial charge in [-0.25, -0.2) is 0 Å². The summed E-state index contributed by atoms with van der Waals surface area (Å²) in [4.78, 5) is 12.2. The summed E-state index contributed by atoms with van der Waals surface area (Å²) in [6, 6.07) is 1.42. The highest BCUT2D eigenvalue weighted by Gasteiger charge is 2.28. The second kappa shape index (κ2) is 6.29. The fourth-order valence-corrected chi connectivity index (χ4v) is 2.95. The van der Waals surface area contributed by atoms with Crippen molar-refractivity contribution in [3.63, 3.8) is 0 Å². The van der Waals surface area contributed by atoms with E-state index in [4.69, 9.17) is 0 Å². The first-order chi connectivity index (χ1) is 11.3. The van der Waals surface area contributed by atoms with Gasteiger partial charge in [0.25, 0.3) is 0 Å². The molecule has 24 heavy (non-hydrogen) atoms. The van der Waals surface area contributed by atoms with Crippen LogP contribution in [0, 0.1) is 0 Å². The van der Waals surface area contributed by atoms with Gasteiger partial charge in [-0.05, 0) is 31.7 Å². The second-order valence-electron chi connectivity index (χ2n) is 5.95. The largest absolute Gasteiger partial charge is 0.408 e. The smallest absolute Gasteiger partial charge is 0.310 e. The number of anilines is 1. The average Bonchev–Trinajstić information content (AvgIpc) is 3.02. The highest BCUT2D eigenvalue weighted by Crippen LogP contribution is 2.27. The predicted molar refractivity (Wildman–Crippen MR) is 80.5 cm³/mol. The molecule has 2 aromatic heterocycles. The Balaban J connectivity index is 1.65. The molecular formula is C15H18F3N5O. The van der Waals surface area contributed by atoms with Gasteiger partial charge in [0.15, 0.2) is 0 Å². The minimum Gasteiger partial charge on any atom is -0.310 e. The van der Waals surface area contributed by atoms with Crippen molar-refractivity contribution in [2.75, 3.05) is 5.32 Å². The molecule has 0 atom stereocenters. The molecule has 0 fully saturated rings. The van der Waals surface area contributed by atoms with Gasteiger partial charge in [0.1, 0.15) is 12.4 Å². The maximum Gasteiger partial charge on any atom is 0.408 e. The van der Waals surface area contributed by atoms with E-state index in [0.29, 0.717) is 11.5 Å². The molecule has 0 spiro atoms. The Morgan fingerprint density at radius 3 is 2.79 bits per heavy atom. The fourth-order valence-electron chi connectivity index (χ4n) is 2.95. The van der Waals surface area contributed by atoms with Crippen molar-refractivity contribution in [3.05, 3.63) is 29.2 Å². The lowest BCUT2D eigenvalue weighted by Crippen LogP contribution is -2.20.